The lowest BCUT2D eigenvalue weighted by molar-refractivity contribution is 0.0681. The van der Waals surface area contributed by atoms with Gasteiger partial charge in [-0.3, -0.25) is 24.5 Å². The molecule has 220 valence electrons. The maximum absolute atomic E-state index is 12.6. The van der Waals surface area contributed by atoms with Crippen molar-refractivity contribution in [1.29, 1.82) is 0 Å². The maximum Gasteiger partial charge on any atom is 0.337 e. The van der Waals surface area contributed by atoms with Gasteiger partial charge in [0.2, 0.25) is 0 Å². The molecule has 0 aliphatic carbocycles. The molecule has 3 aromatic heterocycles. The topological polar surface area (TPSA) is 188 Å². The molecule has 12 heteroatoms. The lowest BCUT2D eigenvalue weighted by Crippen LogP contribution is -2.31. The molecule has 0 spiro atoms. The summed E-state index contributed by atoms with van der Waals surface area (Å²) >= 11 is 0. The first kappa shape index (κ1) is 32.0. The molecule has 12 nitrogen and oxygen atoms in total. The van der Waals surface area contributed by atoms with Gasteiger partial charge in [-0.25, -0.2) is 19.3 Å². The minimum absolute atomic E-state index is 0.0999. The van der Waals surface area contributed by atoms with Gasteiger partial charge in [0, 0.05) is 37.2 Å². The number of imide groups is 1. The van der Waals surface area contributed by atoms with Gasteiger partial charge in [0.15, 0.2) is 0 Å². The highest BCUT2D eigenvalue weighted by Crippen LogP contribution is 2.32. The SMILES string of the molecule is O=C(O)c1ccc2c(c1)C(=O)N(c1cc(C(=O)O)ccc1C(=O)O)C2=O.c1ccncc1.c1ccncc1.c1ccncc1. The van der Waals surface area contributed by atoms with Crippen molar-refractivity contribution in [2.24, 2.45) is 0 Å². The Hall–Kier alpha value is -6.56. The molecule has 1 aliphatic heterocycles. The van der Waals surface area contributed by atoms with E-state index in [9.17, 15) is 29.1 Å². The summed E-state index contributed by atoms with van der Waals surface area (Å²) in [4.78, 5) is 70.7. The monoisotopic (exact) mass is 592 g/mol. The predicted molar refractivity (Wildman–Crippen MR) is 158 cm³/mol. The second-order valence-electron chi connectivity index (χ2n) is 8.43. The summed E-state index contributed by atoms with van der Waals surface area (Å²) in [5.41, 5.74) is -1.68. The van der Waals surface area contributed by atoms with Crippen molar-refractivity contribution in [3.05, 3.63) is 156 Å². The van der Waals surface area contributed by atoms with E-state index in [0.717, 1.165) is 36.4 Å². The molecule has 0 bridgehead atoms. The fourth-order valence-electron chi connectivity index (χ4n) is 3.56. The second kappa shape index (κ2) is 16.0. The summed E-state index contributed by atoms with van der Waals surface area (Å²) in [6.07, 6.45) is 10.5. The highest BCUT2D eigenvalue weighted by atomic mass is 16.4. The Bertz CT molecular complexity index is 1580. The number of benzene rings is 2. The van der Waals surface area contributed by atoms with Gasteiger partial charge in [-0.15, -0.1) is 0 Å². The number of hydrogen-bond acceptors (Lipinski definition) is 8. The molecule has 4 heterocycles. The molecular formula is C32H24N4O8. The third kappa shape index (κ3) is 8.72. The van der Waals surface area contributed by atoms with E-state index >= 15 is 0 Å². The van der Waals surface area contributed by atoms with Crippen LogP contribution in [0.5, 0.6) is 0 Å². The molecule has 0 saturated carbocycles. The largest absolute Gasteiger partial charge is 0.478 e. The molecule has 2 amide bonds. The third-order valence-corrected chi connectivity index (χ3v) is 5.55. The van der Waals surface area contributed by atoms with Crippen LogP contribution in [0.3, 0.4) is 0 Å². The van der Waals surface area contributed by atoms with Crippen LogP contribution in [-0.4, -0.2) is 60.0 Å². The Balaban J connectivity index is 0.000000233. The van der Waals surface area contributed by atoms with E-state index in [4.69, 9.17) is 10.2 Å². The first-order valence-corrected chi connectivity index (χ1v) is 12.6. The Morgan fingerprint density at radius 1 is 0.500 bits per heavy atom. The average molecular weight is 593 g/mol. The van der Waals surface area contributed by atoms with Gasteiger partial charge >= 0.3 is 17.9 Å². The number of carboxylic acids is 3. The third-order valence-electron chi connectivity index (χ3n) is 5.55. The number of carbonyl (C=O) groups excluding carboxylic acids is 2. The van der Waals surface area contributed by atoms with E-state index in [0.29, 0.717) is 4.90 Å². The number of nitrogens with zero attached hydrogens (tertiary/aromatic N) is 4. The first-order valence-electron chi connectivity index (χ1n) is 12.6. The number of carbonyl (C=O) groups is 5. The van der Waals surface area contributed by atoms with Gasteiger partial charge in [-0.1, -0.05) is 18.2 Å². The summed E-state index contributed by atoms with van der Waals surface area (Å²) < 4.78 is 0. The van der Waals surface area contributed by atoms with Gasteiger partial charge < -0.3 is 15.3 Å². The zero-order chi connectivity index (χ0) is 31.9. The molecule has 3 N–H and O–H groups in total. The molecule has 0 unspecified atom stereocenters. The number of hydrogen-bond donors (Lipinski definition) is 3. The van der Waals surface area contributed by atoms with Gasteiger partial charge in [0.05, 0.1) is 33.5 Å². The molecule has 1 aliphatic rings. The molecule has 5 aromatic rings. The smallest absolute Gasteiger partial charge is 0.337 e. The molecule has 0 atom stereocenters. The molecule has 6 rings (SSSR count). The zero-order valence-corrected chi connectivity index (χ0v) is 22.8. The normalized spacial score (nSPS) is 10.9. The molecule has 0 fully saturated rings. The lowest BCUT2D eigenvalue weighted by Gasteiger charge is -2.17. The van der Waals surface area contributed by atoms with E-state index in [2.05, 4.69) is 15.0 Å². The number of pyridine rings is 3. The number of aromatic carboxylic acids is 3. The Morgan fingerprint density at radius 2 is 0.909 bits per heavy atom. The van der Waals surface area contributed by atoms with Gasteiger partial charge in [-0.2, -0.15) is 0 Å². The second-order valence-corrected chi connectivity index (χ2v) is 8.43. The maximum atomic E-state index is 12.6. The van der Waals surface area contributed by atoms with Crippen LogP contribution in [0.15, 0.2) is 128 Å². The number of amides is 2. The van der Waals surface area contributed by atoms with E-state index in [-0.39, 0.29) is 22.3 Å². The lowest BCUT2D eigenvalue weighted by atomic mass is 10.1. The van der Waals surface area contributed by atoms with Crippen molar-refractivity contribution in [2.75, 3.05) is 4.90 Å². The van der Waals surface area contributed by atoms with Crippen LogP contribution < -0.4 is 4.90 Å². The van der Waals surface area contributed by atoms with Crippen molar-refractivity contribution in [2.45, 2.75) is 0 Å². The summed E-state index contributed by atoms with van der Waals surface area (Å²) in [5.74, 6) is -5.93. The number of anilines is 1. The van der Waals surface area contributed by atoms with Crippen LogP contribution in [0.4, 0.5) is 5.69 Å². The number of rotatable bonds is 4. The van der Waals surface area contributed by atoms with Crippen molar-refractivity contribution in [1.82, 2.24) is 15.0 Å². The fraction of sp³-hybridized carbons (Fsp3) is 0. The van der Waals surface area contributed by atoms with Crippen LogP contribution in [0.1, 0.15) is 51.8 Å². The Morgan fingerprint density at radius 3 is 1.27 bits per heavy atom. The van der Waals surface area contributed by atoms with Gasteiger partial charge in [0.1, 0.15) is 0 Å². The molecule has 0 saturated heterocycles. The Kier molecular flexibility index (Phi) is 11.6. The number of fused-ring (bicyclic) bond motifs is 1. The zero-order valence-electron chi connectivity index (χ0n) is 22.8. The fourth-order valence-corrected chi connectivity index (χ4v) is 3.56. The quantitative estimate of drug-likeness (QED) is 0.243. The summed E-state index contributed by atoms with van der Waals surface area (Å²) in [6.45, 7) is 0. The minimum atomic E-state index is -1.46. The summed E-state index contributed by atoms with van der Waals surface area (Å²) in [7, 11) is 0. The van der Waals surface area contributed by atoms with Gasteiger partial charge in [-0.05, 0) is 72.8 Å². The molecular weight excluding hydrogens is 568 g/mol. The molecule has 0 radical (unpaired) electrons. The van der Waals surface area contributed by atoms with E-state index in [1.54, 1.807) is 37.2 Å². The minimum Gasteiger partial charge on any atom is -0.478 e. The van der Waals surface area contributed by atoms with Crippen molar-refractivity contribution >= 4 is 35.4 Å². The number of carboxylic acid groups (broad SMARTS) is 3. The van der Waals surface area contributed by atoms with Crippen LogP contribution in [0, 0.1) is 0 Å². The van der Waals surface area contributed by atoms with Crippen molar-refractivity contribution in [3.8, 4) is 0 Å². The number of aromatic nitrogens is 3. The first-order chi connectivity index (χ1) is 21.2. The van der Waals surface area contributed by atoms with E-state index in [1.807, 2.05) is 54.6 Å². The molecule has 44 heavy (non-hydrogen) atoms. The van der Waals surface area contributed by atoms with Crippen LogP contribution in [0.25, 0.3) is 0 Å². The van der Waals surface area contributed by atoms with E-state index < -0.39 is 41.0 Å². The van der Waals surface area contributed by atoms with Crippen molar-refractivity contribution in [3.63, 3.8) is 0 Å². The van der Waals surface area contributed by atoms with Crippen LogP contribution in [-0.2, 0) is 0 Å². The summed E-state index contributed by atoms with van der Waals surface area (Å²) in [5, 5.41) is 27.4. The predicted octanol–water partition coefficient (Wildman–Crippen LogP) is 4.83. The van der Waals surface area contributed by atoms with E-state index in [1.165, 1.54) is 0 Å². The average Bonchev–Trinajstić information content (AvgIpc) is 3.32. The highest BCUT2D eigenvalue weighted by molar-refractivity contribution is 6.35. The van der Waals surface area contributed by atoms with Crippen molar-refractivity contribution < 1.29 is 39.3 Å². The standard InChI is InChI=1S/C17H9NO8.3C5H5N/c19-13-9-3-1-7(15(21)22)5-11(9)14(20)18(13)12-6-8(16(23)24)2-4-10(12)17(25)26;3*1-2-4-6-5-3-1/h1-6H,(H,21,22)(H,23,24)(H,25,26);3*1-5H. The highest BCUT2D eigenvalue weighted by Gasteiger charge is 2.39. The van der Waals surface area contributed by atoms with Crippen LogP contribution >= 0.6 is 0 Å². The van der Waals surface area contributed by atoms with Gasteiger partial charge in [0.25, 0.3) is 11.8 Å². The Labute approximate surface area is 250 Å². The summed E-state index contributed by atoms with van der Waals surface area (Å²) in [6, 6.07) is 23.4. The molecule has 2 aromatic carbocycles. The van der Waals surface area contributed by atoms with Crippen LogP contribution in [0.2, 0.25) is 0 Å².